The normalized spacial score (nSPS) is 10.8. The van der Waals surface area contributed by atoms with Crippen molar-refractivity contribution in [2.75, 3.05) is 11.2 Å². The van der Waals surface area contributed by atoms with E-state index in [1.54, 1.807) is 44.2 Å². The summed E-state index contributed by atoms with van der Waals surface area (Å²) in [5, 5.41) is 7.05. The fraction of sp³-hybridized carbons (Fsp3) is 0.176. The third-order valence-corrected chi connectivity index (χ3v) is 4.29. The van der Waals surface area contributed by atoms with Gasteiger partial charge in [-0.2, -0.15) is 17.7 Å². The molecule has 3 aromatic rings. The van der Waals surface area contributed by atoms with Crippen molar-refractivity contribution in [2.45, 2.75) is 13.8 Å². The van der Waals surface area contributed by atoms with Gasteiger partial charge in [-0.25, -0.2) is 5.10 Å². The highest BCUT2D eigenvalue weighted by Gasteiger charge is 2.19. The van der Waals surface area contributed by atoms with Crippen molar-refractivity contribution in [3.05, 3.63) is 63.3 Å². The number of amides is 1. The Hall–Kier alpha value is -2.87. The second kappa shape index (κ2) is 6.56. The zero-order valence-corrected chi connectivity index (χ0v) is 14.6. The number of hydrogen-bond donors (Lipinski definition) is 3. The Morgan fingerprint density at radius 1 is 1.24 bits per heavy atom. The minimum Gasteiger partial charge on any atom is -0.293 e. The maximum absolute atomic E-state index is 12.7. The zero-order chi connectivity index (χ0) is 18.1. The minimum atomic E-state index is -0.487. The van der Waals surface area contributed by atoms with Crippen LogP contribution in [0.1, 0.15) is 32.2 Å². The molecular formula is C17H16N4O3S. The van der Waals surface area contributed by atoms with Gasteiger partial charge in [-0.1, -0.05) is 18.2 Å². The lowest BCUT2D eigenvalue weighted by atomic mass is 10.1. The van der Waals surface area contributed by atoms with Gasteiger partial charge >= 0.3 is 0 Å². The molecule has 0 fully saturated rings. The molecule has 0 atom stereocenters. The molecule has 0 unspecified atom stereocenters. The Morgan fingerprint density at radius 3 is 2.60 bits per heavy atom. The largest absolute Gasteiger partial charge is 0.293 e. The van der Waals surface area contributed by atoms with Crippen molar-refractivity contribution in [1.29, 1.82) is 0 Å². The van der Waals surface area contributed by atoms with Crippen LogP contribution in [0.3, 0.4) is 0 Å². The van der Waals surface area contributed by atoms with Gasteiger partial charge in [0.05, 0.1) is 11.1 Å². The summed E-state index contributed by atoms with van der Waals surface area (Å²) < 4.78 is 1.53. The number of ketones is 1. The second-order valence-electron chi connectivity index (χ2n) is 5.59. The van der Waals surface area contributed by atoms with Gasteiger partial charge in [-0.05, 0) is 26.0 Å². The van der Waals surface area contributed by atoms with Crippen LogP contribution in [0.4, 0.5) is 0 Å². The Kier molecular flexibility index (Phi) is 4.45. The van der Waals surface area contributed by atoms with Crippen molar-refractivity contribution in [1.82, 2.24) is 14.9 Å². The number of hydrogen-bond acceptors (Lipinski definition) is 5. The number of carbonyl (C=O) groups excluding carboxylic acids is 2. The predicted octanol–water partition coefficient (Wildman–Crippen LogP) is 1.84. The predicted molar refractivity (Wildman–Crippen MR) is 98.1 cm³/mol. The molecule has 0 saturated carbocycles. The summed E-state index contributed by atoms with van der Waals surface area (Å²) in [5.41, 5.74) is 4.28. The molecular weight excluding hydrogens is 340 g/mol. The van der Waals surface area contributed by atoms with E-state index in [4.69, 9.17) is 0 Å². The summed E-state index contributed by atoms with van der Waals surface area (Å²) in [6.07, 6.45) is 0. The van der Waals surface area contributed by atoms with Crippen LogP contribution in [-0.4, -0.2) is 32.3 Å². The van der Waals surface area contributed by atoms with E-state index in [9.17, 15) is 14.4 Å². The first-order valence-corrected chi connectivity index (χ1v) is 8.19. The molecule has 7 nitrogen and oxygen atoms in total. The minimum absolute atomic E-state index is 0.0877. The fourth-order valence-electron chi connectivity index (χ4n) is 2.74. The van der Waals surface area contributed by atoms with Crippen molar-refractivity contribution < 1.29 is 9.59 Å². The van der Waals surface area contributed by atoms with E-state index in [1.807, 2.05) is 0 Å². The number of aryl methyl sites for hydroxylation is 1. The quantitative estimate of drug-likeness (QED) is 0.491. The van der Waals surface area contributed by atoms with Crippen molar-refractivity contribution >= 4 is 35.1 Å². The molecule has 0 aliphatic carbocycles. The lowest BCUT2D eigenvalue weighted by Crippen LogP contribution is -2.27. The molecule has 0 spiro atoms. The zero-order valence-electron chi connectivity index (χ0n) is 13.7. The van der Waals surface area contributed by atoms with Crippen LogP contribution in [0.25, 0.3) is 10.8 Å². The number of benzene rings is 1. The number of Topliss-reactive ketones (excluding diaryl/α,β-unsaturated/α-hetero) is 1. The van der Waals surface area contributed by atoms with Crippen LogP contribution < -0.4 is 11.0 Å². The molecule has 0 aliphatic rings. The average Bonchev–Trinajstić information content (AvgIpc) is 2.89. The summed E-state index contributed by atoms with van der Waals surface area (Å²) in [5.74, 6) is -0.520. The highest BCUT2D eigenvalue weighted by molar-refractivity contribution is 7.81. The van der Waals surface area contributed by atoms with Crippen molar-refractivity contribution in [3.8, 4) is 0 Å². The average molecular weight is 356 g/mol. The highest BCUT2D eigenvalue weighted by Crippen LogP contribution is 2.16. The van der Waals surface area contributed by atoms with E-state index in [0.717, 1.165) is 0 Å². The van der Waals surface area contributed by atoms with E-state index >= 15 is 0 Å². The number of nitrogens with zero attached hydrogens (tertiary/aromatic N) is 2. The summed E-state index contributed by atoms with van der Waals surface area (Å²) >= 11 is 4.00. The summed E-state index contributed by atoms with van der Waals surface area (Å²) in [7, 11) is 0. The van der Waals surface area contributed by atoms with Gasteiger partial charge in [-0.15, -0.1) is 0 Å². The van der Waals surface area contributed by atoms with Gasteiger partial charge in [0.25, 0.3) is 11.5 Å². The Balaban J connectivity index is 2.02. The SMILES string of the molecule is Cc1cc(C(=O)CS)c(C)n1NC(=O)c1n[nH]c(=O)c2ccccc12. The Bertz CT molecular complexity index is 1050. The first-order valence-electron chi connectivity index (χ1n) is 7.55. The molecule has 0 saturated heterocycles. The monoisotopic (exact) mass is 356 g/mol. The molecule has 2 aromatic heterocycles. The summed E-state index contributed by atoms with van der Waals surface area (Å²) in [6.45, 7) is 3.52. The molecule has 2 N–H and O–H groups in total. The van der Waals surface area contributed by atoms with Gasteiger partial charge in [0.1, 0.15) is 0 Å². The molecule has 1 aromatic carbocycles. The molecule has 128 valence electrons. The smallest absolute Gasteiger partial charge is 0.291 e. The molecule has 0 radical (unpaired) electrons. The van der Waals surface area contributed by atoms with E-state index < -0.39 is 5.91 Å². The number of thiol groups is 1. The third kappa shape index (κ3) is 2.96. The molecule has 3 rings (SSSR count). The van der Waals surface area contributed by atoms with Crippen molar-refractivity contribution in [3.63, 3.8) is 0 Å². The fourth-order valence-corrected chi connectivity index (χ4v) is 2.91. The van der Waals surface area contributed by atoms with Crippen LogP contribution in [0, 0.1) is 13.8 Å². The first kappa shape index (κ1) is 17.0. The van der Waals surface area contributed by atoms with E-state index in [1.165, 1.54) is 4.68 Å². The number of aromatic amines is 1. The van der Waals surface area contributed by atoms with Crippen LogP contribution in [0.5, 0.6) is 0 Å². The number of nitrogens with one attached hydrogen (secondary N) is 2. The number of fused-ring (bicyclic) bond motifs is 1. The number of aromatic nitrogens is 3. The Morgan fingerprint density at radius 2 is 1.92 bits per heavy atom. The highest BCUT2D eigenvalue weighted by atomic mass is 32.1. The van der Waals surface area contributed by atoms with Gasteiger partial charge in [0.2, 0.25) is 0 Å². The van der Waals surface area contributed by atoms with Gasteiger partial charge in [-0.3, -0.25) is 24.5 Å². The maximum atomic E-state index is 12.7. The van der Waals surface area contributed by atoms with Gasteiger partial charge in [0.15, 0.2) is 11.5 Å². The van der Waals surface area contributed by atoms with Gasteiger partial charge < -0.3 is 0 Å². The second-order valence-corrected chi connectivity index (χ2v) is 5.91. The standard InChI is InChI=1S/C17H16N4O3S/c1-9-7-13(14(22)8-25)10(2)21(9)20-17(24)15-11-5-3-4-6-12(11)16(23)19-18-15/h3-7,25H,8H2,1-2H3,(H,19,23)(H,20,24). The van der Waals surface area contributed by atoms with Crippen LogP contribution >= 0.6 is 12.6 Å². The molecule has 2 heterocycles. The lowest BCUT2D eigenvalue weighted by molar-refractivity contribution is 0.0996. The third-order valence-electron chi connectivity index (χ3n) is 4.00. The molecule has 8 heteroatoms. The van der Waals surface area contributed by atoms with Crippen LogP contribution in [0.15, 0.2) is 35.1 Å². The molecule has 1 amide bonds. The van der Waals surface area contributed by atoms with E-state index in [0.29, 0.717) is 27.7 Å². The lowest BCUT2D eigenvalue weighted by Gasteiger charge is -2.12. The number of H-pyrrole nitrogens is 1. The van der Waals surface area contributed by atoms with E-state index in [2.05, 4.69) is 28.3 Å². The maximum Gasteiger partial charge on any atom is 0.291 e. The summed E-state index contributed by atoms with van der Waals surface area (Å²) in [6, 6.07) is 8.44. The van der Waals surface area contributed by atoms with Gasteiger partial charge in [0, 0.05) is 22.3 Å². The molecule has 0 aliphatic heterocycles. The van der Waals surface area contributed by atoms with Crippen molar-refractivity contribution in [2.24, 2.45) is 0 Å². The first-order chi connectivity index (χ1) is 11.9. The van der Waals surface area contributed by atoms with Crippen LogP contribution in [-0.2, 0) is 0 Å². The molecule has 25 heavy (non-hydrogen) atoms. The number of carbonyl (C=O) groups is 2. The van der Waals surface area contributed by atoms with Crippen LogP contribution in [0.2, 0.25) is 0 Å². The van der Waals surface area contributed by atoms with E-state index in [-0.39, 0.29) is 22.8 Å². The summed E-state index contributed by atoms with van der Waals surface area (Å²) in [4.78, 5) is 36.4. The molecule has 0 bridgehead atoms. The number of rotatable bonds is 4. The topological polar surface area (TPSA) is 96.8 Å². The Labute approximate surface area is 148 Å².